The first-order valence-corrected chi connectivity index (χ1v) is 6.71. The highest BCUT2D eigenvalue weighted by atomic mass is 14.1. The summed E-state index contributed by atoms with van der Waals surface area (Å²) in [6, 6.07) is 0. The Kier molecular flexibility index (Phi) is 8.33. The molecule has 94 valence electrons. The van der Waals surface area contributed by atoms with Gasteiger partial charge in [0.25, 0.3) is 0 Å². The molecule has 0 saturated carbocycles. The molecule has 0 spiro atoms. The fourth-order valence-electron chi connectivity index (χ4n) is 1.63. The second-order valence-electron chi connectivity index (χ2n) is 5.82. The van der Waals surface area contributed by atoms with Crippen molar-refractivity contribution in [2.45, 2.75) is 66.7 Å². The third kappa shape index (κ3) is 10.0. The number of rotatable bonds is 3. The summed E-state index contributed by atoms with van der Waals surface area (Å²) in [6.45, 7) is 14.9. The van der Waals surface area contributed by atoms with Gasteiger partial charge in [-0.1, -0.05) is 38.0 Å². The normalized spacial score (nSPS) is 19.9. The fraction of sp³-hybridized carbons (Fsp3) is 0.750. The zero-order valence-electron chi connectivity index (χ0n) is 12.0. The van der Waals surface area contributed by atoms with Crippen LogP contribution in [0.4, 0.5) is 0 Å². The first-order valence-electron chi connectivity index (χ1n) is 6.71. The molecule has 0 bridgehead atoms. The first-order chi connectivity index (χ1) is 7.41. The molecule has 0 aromatic heterocycles. The molecule has 0 heterocycles. The molecule has 0 aromatic carbocycles. The van der Waals surface area contributed by atoms with Crippen LogP contribution in [0.3, 0.4) is 0 Å². The van der Waals surface area contributed by atoms with E-state index in [1.165, 1.54) is 37.7 Å². The Labute approximate surface area is 103 Å². The van der Waals surface area contributed by atoms with Crippen LogP contribution in [0.1, 0.15) is 66.7 Å². The summed E-state index contributed by atoms with van der Waals surface area (Å²) in [7, 11) is 0. The Morgan fingerprint density at radius 2 is 2.12 bits per heavy atom. The maximum absolute atomic E-state index is 3.83. The topological polar surface area (TPSA) is 0 Å². The monoisotopic (exact) mass is 222 g/mol. The van der Waals surface area contributed by atoms with Crippen molar-refractivity contribution in [2.75, 3.05) is 0 Å². The molecule has 0 saturated heterocycles. The van der Waals surface area contributed by atoms with E-state index in [2.05, 4.69) is 47.3 Å². The minimum absolute atomic E-state index is 0.826. The van der Waals surface area contributed by atoms with Crippen LogP contribution in [-0.2, 0) is 0 Å². The SMILES string of the molecule is C=C(C)CCC(C)C.CC1=CCC(C)CC1. The van der Waals surface area contributed by atoms with Crippen LogP contribution in [0, 0.1) is 11.8 Å². The van der Waals surface area contributed by atoms with Crippen molar-refractivity contribution in [3.63, 3.8) is 0 Å². The van der Waals surface area contributed by atoms with E-state index in [0.29, 0.717) is 0 Å². The van der Waals surface area contributed by atoms with E-state index in [-0.39, 0.29) is 0 Å². The van der Waals surface area contributed by atoms with Gasteiger partial charge in [0.2, 0.25) is 0 Å². The highest BCUT2D eigenvalue weighted by molar-refractivity contribution is 5.01. The van der Waals surface area contributed by atoms with Gasteiger partial charge in [-0.25, -0.2) is 0 Å². The van der Waals surface area contributed by atoms with Gasteiger partial charge >= 0.3 is 0 Å². The van der Waals surface area contributed by atoms with Crippen molar-refractivity contribution in [1.82, 2.24) is 0 Å². The molecule has 1 atom stereocenters. The molecule has 0 amide bonds. The van der Waals surface area contributed by atoms with Crippen molar-refractivity contribution < 1.29 is 0 Å². The van der Waals surface area contributed by atoms with Gasteiger partial charge < -0.3 is 0 Å². The summed E-state index contributed by atoms with van der Waals surface area (Å²) in [6.07, 6.45) is 8.90. The summed E-state index contributed by atoms with van der Waals surface area (Å²) in [5.41, 5.74) is 2.89. The number of hydrogen-bond donors (Lipinski definition) is 0. The van der Waals surface area contributed by atoms with Gasteiger partial charge in [0.1, 0.15) is 0 Å². The van der Waals surface area contributed by atoms with Gasteiger partial charge in [-0.2, -0.15) is 0 Å². The standard InChI is InChI=1S/C8H14.C8H16/c1-7-3-5-8(2)6-4-7;1-7(2)5-6-8(3)4/h3,8H,4-6H2,1-2H3;8H,1,5-6H2,2-4H3. The van der Waals surface area contributed by atoms with Crippen molar-refractivity contribution in [2.24, 2.45) is 11.8 Å². The summed E-state index contributed by atoms with van der Waals surface area (Å²) in [5.74, 6) is 1.77. The number of allylic oxidation sites excluding steroid dienone is 3. The predicted octanol–water partition coefficient (Wildman–Crippen LogP) is 5.75. The summed E-state index contributed by atoms with van der Waals surface area (Å²) >= 11 is 0. The van der Waals surface area contributed by atoms with Gasteiger partial charge in [-0.05, 0) is 57.8 Å². The van der Waals surface area contributed by atoms with Crippen LogP contribution in [0.2, 0.25) is 0 Å². The molecule has 0 radical (unpaired) electrons. The zero-order chi connectivity index (χ0) is 12.6. The van der Waals surface area contributed by atoms with Crippen LogP contribution in [0.25, 0.3) is 0 Å². The van der Waals surface area contributed by atoms with E-state index >= 15 is 0 Å². The number of hydrogen-bond acceptors (Lipinski definition) is 0. The summed E-state index contributed by atoms with van der Waals surface area (Å²) in [5, 5.41) is 0. The first kappa shape index (κ1) is 15.5. The molecular formula is C16H30. The van der Waals surface area contributed by atoms with E-state index in [1.807, 2.05) is 0 Å². The second kappa shape index (κ2) is 8.61. The molecule has 0 nitrogen and oxygen atoms in total. The summed E-state index contributed by atoms with van der Waals surface area (Å²) < 4.78 is 0. The van der Waals surface area contributed by atoms with E-state index < -0.39 is 0 Å². The Hall–Kier alpha value is -0.520. The van der Waals surface area contributed by atoms with E-state index in [9.17, 15) is 0 Å². The van der Waals surface area contributed by atoms with Crippen LogP contribution in [-0.4, -0.2) is 0 Å². The quantitative estimate of drug-likeness (QED) is 0.533. The van der Waals surface area contributed by atoms with E-state index in [0.717, 1.165) is 11.8 Å². The van der Waals surface area contributed by atoms with Gasteiger partial charge in [0.15, 0.2) is 0 Å². The smallest absolute Gasteiger partial charge is 0.0320 e. The maximum atomic E-state index is 3.83. The van der Waals surface area contributed by atoms with Gasteiger partial charge in [0, 0.05) is 0 Å². The average molecular weight is 222 g/mol. The maximum Gasteiger partial charge on any atom is -0.0320 e. The molecule has 1 rings (SSSR count). The molecule has 1 aliphatic rings. The van der Waals surface area contributed by atoms with Crippen LogP contribution in [0.5, 0.6) is 0 Å². The average Bonchev–Trinajstić information content (AvgIpc) is 2.20. The lowest BCUT2D eigenvalue weighted by Crippen LogP contribution is -1.98. The lowest BCUT2D eigenvalue weighted by atomic mass is 9.92. The Bertz CT molecular complexity index is 220. The van der Waals surface area contributed by atoms with Crippen molar-refractivity contribution in [3.05, 3.63) is 23.8 Å². The summed E-state index contributed by atoms with van der Waals surface area (Å²) in [4.78, 5) is 0. The Balaban J connectivity index is 0.000000281. The van der Waals surface area contributed by atoms with Gasteiger partial charge in [-0.15, -0.1) is 6.58 Å². The van der Waals surface area contributed by atoms with Crippen molar-refractivity contribution in [1.29, 1.82) is 0 Å². The minimum Gasteiger partial charge on any atom is -0.100 e. The molecule has 0 heteroatoms. The highest BCUT2D eigenvalue weighted by Crippen LogP contribution is 2.21. The predicted molar refractivity (Wildman–Crippen MR) is 75.7 cm³/mol. The molecule has 1 aliphatic carbocycles. The Morgan fingerprint density at radius 3 is 2.38 bits per heavy atom. The van der Waals surface area contributed by atoms with Crippen LogP contribution >= 0.6 is 0 Å². The second-order valence-corrected chi connectivity index (χ2v) is 5.82. The van der Waals surface area contributed by atoms with Gasteiger partial charge in [0.05, 0.1) is 0 Å². The van der Waals surface area contributed by atoms with E-state index in [1.54, 1.807) is 5.57 Å². The molecule has 0 fully saturated rings. The lowest BCUT2D eigenvalue weighted by molar-refractivity contribution is 0.514. The minimum atomic E-state index is 0.826. The zero-order valence-corrected chi connectivity index (χ0v) is 12.0. The largest absolute Gasteiger partial charge is 0.100 e. The lowest BCUT2D eigenvalue weighted by Gasteiger charge is -2.14. The van der Waals surface area contributed by atoms with Crippen molar-refractivity contribution >= 4 is 0 Å². The third-order valence-corrected chi connectivity index (χ3v) is 3.05. The third-order valence-electron chi connectivity index (χ3n) is 3.05. The highest BCUT2D eigenvalue weighted by Gasteiger charge is 2.05. The van der Waals surface area contributed by atoms with Crippen LogP contribution in [0.15, 0.2) is 23.8 Å². The van der Waals surface area contributed by atoms with Gasteiger partial charge in [-0.3, -0.25) is 0 Å². The van der Waals surface area contributed by atoms with E-state index in [4.69, 9.17) is 0 Å². The fourth-order valence-corrected chi connectivity index (χ4v) is 1.63. The molecular weight excluding hydrogens is 192 g/mol. The molecule has 0 N–H and O–H groups in total. The molecule has 0 aromatic rings. The molecule has 0 aliphatic heterocycles. The molecule has 1 unspecified atom stereocenters. The molecule has 16 heavy (non-hydrogen) atoms. The Morgan fingerprint density at radius 1 is 1.50 bits per heavy atom. The van der Waals surface area contributed by atoms with Crippen LogP contribution < -0.4 is 0 Å². The van der Waals surface area contributed by atoms with Crippen molar-refractivity contribution in [3.8, 4) is 0 Å².